The van der Waals surface area contributed by atoms with Crippen LogP contribution < -0.4 is 0 Å². The summed E-state index contributed by atoms with van der Waals surface area (Å²) in [5.74, 6) is -0.147. The van der Waals surface area contributed by atoms with Crippen LogP contribution in [0.15, 0.2) is 0 Å². The number of nitrogens with zero attached hydrogens (tertiary/aromatic N) is 1. The zero-order chi connectivity index (χ0) is 11.4. The summed E-state index contributed by atoms with van der Waals surface area (Å²) in [6.07, 6.45) is 4.78. The molecule has 1 N–H and O–H groups in total. The molecule has 2 rings (SSSR count). The fourth-order valence-electron chi connectivity index (χ4n) is 2.95. The van der Waals surface area contributed by atoms with Crippen LogP contribution in [0.25, 0.3) is 0 Å². The first-order valence-corrected chi connectivity index (χ1v) is 6.31. The van der Waals surface area contributed by atoms with Crippen molar-refractivity contribution in [3.63, 3.8) is 0 Å². The number of hydrogen-bond donors (Lipinski definition) is 1. The summed E-state index contributed by atoms with van der Waals surface area (Å²) in [4.78, 5) is 13.3. The summed E-state index contributed by atoms with van der Waals surface area (Å²) < 4.78 is 5.35. The SMILES string of the molecule is O=C(O)CC(C1CCOCC1)N1CCCC1. The van der Waals surface area contributed by atoms with Gasteiger partial charge >= 0.3 is 5.97 Å². The third-order valence-electron chi connectivity index (χ3n) is 3.80. The monoisotopic (exact) mass is 227 g/mol. The topological polar surface area (TPSA) is 49.8 Å². The van der Waals surface area contributed by atoms with Crippen molar-refractivity contribution < 1.29 is 14.6 Å². The first kappa shape index (κ1) is 11.9. The van der Waals surface area contributed by atoms with Gasteiger partial charge in [0.25, 0.3) is 0 Å². The first-order chi connectivity index (χ1) is 7.77. The molecular formula is C12H21NO3. The average molecular weight is 227 g/mol. The van der Waals surface area contributed by atoms with Crippen molar-refractivity contribution in [1.29, 1.82) is 0 Å². The number of hydrogen-bond acceptors (Lipinski definition) is 3. The van der Waals surface area contributed by atoms with Gasteiger partial charge in [-0.3, -0.25) is 9.69 Å². The van der Waals surface area contributed by atoms with Gasteiger partial charge < -0.3 is 9.84 Å². The van der Waals surface area contributed by atoms with E-state index in [-0.39, 0.29) is 6.04 Å². The largest absolute Gasteiger partial charge is 0.481 e. The van der Waals surface area contributed by atoms with E-state index >= 15 is 0 Å². The molecule has 2 heterocycles. The summed E-state index contributed by atoms with van der Waals surface area (Å²) >= 11 is 0. The highest BCUT2D eigenvalue weighted by molar-refractivity contribution is 5.67. The third-order valence-corrected chi connectivity index (χ3v) is 3.80. The lowest BCUT2D eigenvalue weighted by molar-refractivity contribution is -0.139. The minimum absolute atomic E-state index is 0.240. The van der Waals surface area contributed by atoms with Gasteiger partial charge in [-0.05, 0) is 44.7 Å². The van der Waals surface area contributed by atoms with Gasteiger partial charge in [0.05, 0.1) is 6.42 Å². The van der Waals surface area contributed by atoms with Gasteiger partial charge in [0.1, 0.15) is 0 Å². The summed E-state index contributed by atoms with van der Waals surface area (Å²) in [6.45, 7) is 3.76. The van der Waals surface area contributed by atoms with Crippen molar-refractivity contribution in [1.82, 2.24) is 4.90 Å². The normalized spacial score (nSPS) is 25.8. The Balaban J connectivity index is 1.96. The van der Waals surface area contributed by atoms with Gasteiger partial charge in [0, 0.05) is 19.3 Å². The Labute approximate surface area is 96.6 Å². The van der Waals surface area contributed by atoms with Gasteiger partial charge in [0.15, 0.2) is 0 Å². The van der Waals surface area contributed by atoms with Gasteiger partial charge in [-0.1, -0.05) is 0 Å². The second kappa shape index (κ2) is 5.64. The highest BCUT2D eigenvalue weighted by Gasteiger charge is 2.32. The van der Waals surface area contributed by atoms with E-state index in [9.17, 15) is 4.79 Å². The molecule has 0 saturated carbocycles. The molecule has 2 saturated heterocycles. The molecule has 0 aliphatic carbocycles. The van der Waals surface area contributed by atoms with E-state index in [0.717, 1.165) is 39.1 Å². The Hall–Kier alpha value is -0.610. The lowest BCUT2D eigenvalue weighted by Crippen LogP contribution is -2.42. The maximum atomic E-state index is 11.0. The molecule has 0 aromatic rings. The molecule has 4 heteroatoms. The molecule has 4 nitrogen and oxygen atoms in total. The van der Waals surface area contributed by atoms with E-state index in [1.54, 1.807) is 0 Å². The van der Waals surface area contributed by atoms with Gasteiger partial charge in [-0.15, -0.1) is 0 Å². The summed E-state index contributed by atoms with van der Waals surface area (Å²) in [7, 11) is 0. The zero-order valence-electron chi connectivity index (χ0n) is 9.73. The van der Waals surface area contributed by atoms with E-state index in [2.05, 4.69) is 4.90 Å². The number of carbonyl (C=O) groups is 1. The molecule has 0 aromatic carbocycles. The van der Waals surface area contributed by atoms with Gasteiger partial charge in [0.2, 0.25) is 0 Å². The summed E-state index contributed by atoms with van der Waals surface area (Å²) in [6, 6.07) is 0.240. The summed E-state index contributed by atoms with van der Waals surface area (Å²) in [5.41, 5.74) is 0. The third kappa shape index (κ3) is 2.95. The molecule has 2 aliphatic heterocycles. The van der Waals surface area contributed by atoms with Gasteiger partial charge in [-0.2, -0.15) is 0 Å². The summed E-state index contributed by atoms with van der Waals surface area (Å²) in [5, 5.41) is 9.02. The Kier molecular flexibility index (Phi) is 4.18. The van der Waals surface area contributed by atoms with Crippen LogP contribution in [0, 0.1) is 5.92 Å². The highest BCUT2D eigenvalue weighted by atomic mass is 16.5. The molecule has 0 radical (unpaired) electrons. The van der Waals surface area contributed by atoms with Crippen LogP contribution in [-0.2, 0) is 9.53 Å². The van der Waals surface area contributed by atoms with Crippen molar-refractivity contribution in [2.45, 2.75) is 38.1 Å². The zero-order valence-corrected chi connectivity index (χ0v) is 9.73. The molecule has 2 fully saturated rings. The number of likely N-dealkylation sites (tertiary alicyclic amines) is 1. The van der Waals surface area contributed by atoms with Crippen molar-refractivity contribution in [2.75, 3.05) is 26.3 Å². The maximum absolute atomic E-state index is 11.0. The fraction of sp³-hybridized carbons (Fsp3) is 0.917. The van der Waals surface area contributed by atoms with Crippen molar-refractivity contribution in [3.8, 4) is 0 Å². The minimum atomic E-state index is -0.664. The standard InChI is InChI=1S/C12H21NO3/c14-12(15)9-11(13-5-1-2-6-13)10-3-7-16-8-4-10/h10-11H,1-9H2,(H,14,15). The van der Waals surface area contributed by atoms with E-state index in [1.807, 2.05) is 0 Å². The number of rotatable bonds is 4. The van der Waals surface area contributed by atoms with Crippen LogP contribution in [0.3, 0.4) is 0 Å². The molecule has 2 aliphatic rings. The molecule has 0 aromatic heterocycles. The van der Waals surface area contributed by atoms with Crippen LogP contribution in [0.1, 0.15) is 32.1 Å². The van der Waals surface area contributed by atoms with Crippen molar-refractivity contribution in [2.24, 2.45) is 5.92 Å². The second-order valence-electron chi connectivity index (χ2n) is 4.86. The van der Waals surface area contributed by atoms with E-state index in [1.165, 1.54) is 12.8 Å². The lowest BCUT2D eigenvalue weighted by Gasteiger charge is -2.35. The number of ether oxygens (including phenoxy) is 1. The van der Waals surface area contributed by atoms with Gasteiger partial charge in [-0.25, -0.2) is 0 Å². The molecule has 1 unspecified atom stereocenters. The Bertz CT molecular complexity index is 232. The Morgan fingerprint density at radius 1 is 1.31 bits per heavy atom. The van der Waals surface area contributed by atoms with Crippen LogP contribution in [0.5, 0.6) is 0 Å². The molecule has 0 bridgehead atoms. The smallest absolute Gasteiger partial charge is 0.304 e. The van der Waals surface area contributed by atoms with Crippen LogP contribution in [0.4, 0.5) is 0 Å². The van der Waals surface area contributed by atoms with Crippen LogP contribution in [0.2, 0.25) is 0 Å². The molecule has 1 atom stereocenters. The lowest BCUT2D eigenvalue weighted by atomic mass is 9.88. The molecule has 16 heavy (non-hydrogen) atoms. The first-order valence-electron chi connectivity index (χ1n) is 6.31. The van der Waals surface area contributed by atoms with Crippen LogP contribution >= 0.6 is 0 Å². The van der Waals surface area contributed by atoms with Crippen molar-refractivity contribution >= 4 is 5.97 Å². The average Bonchev–Trinajstić information content (AvgIpc) is 2.80. The predicted molar refractivity (Wildman–Crippen MR) is 60.4 cm³/mol. The predicted octanol–water partition coefficient (Wildman–Crippen LogP) is 1.35. The highest BCUT2D eigenvalue weighted by Crippen LogP contribution is 2.27. The van der Waals surface area contributed by atoms with Crippen LogP contribution in [-0.4, -0.2) is 48.3 Å². The minimum Gasteiger partial charge on any atom is -0.481 e. The number of aliphatic carboxylic acids is 1. The number of carboxylic acid groups (broad SMARTS) is 1. The van der Waals surface area contributed by atoms with E-state index < -0.39 is 5.97 Å². The quantitative estimate of drug-likeness (QED) is 0.787. The fourth-order valence-corrected chi connectivity index (χ4v) is 2.95. The molecule has 0 spiro atoms. The van der Waals surface area contributed by atoms with E-state index in [0.29, 0.717) is 12.3 Å². The Morgan fingerprint density at radius 3 is 2.50 bits per heavy atom. The Morgan fingerprint density at radius 2 is 1.94 bits per heavy atom. The van der Waals surface area contributed by atoms with E-state index in [4.69, 9.17) is 9.84 Å². The number of carboxylic acids is 1. The van der Waals surface area contributed by atoms with Crippen molar-refractivity contribution in [3.05, 3.63) is 0 Å². The molecule has 0 amide bonds. The second-order valence-corrected chi connectivity index (χ2v) is 4.86. The maximum Gasteiger partial charge on any atom is 0.304 e. The molecule has 92 valence electrons. The molecular weight excluding hydrogens is 206 g/mol.